The second-order valence-corrected chi connectivity index (χ2v) is 7.16. The molecule has 0 unspecified atom stereocenters. The zero-order valence-electron chi connectivity index (χ0n) is 13.3. The summed E-state index contributed by atoms with van der Waals surface area (Å²) in [4.78, 5) is 29.7. The van der Waals surface area contributed by atoms with Crippen molar-refractivity contribution in [3.8, 4) is 5.69 Å². The molecular formula is C19H15FN2O2S. The van der Waals surface area contributed by atoms with Crippen LogP contribution in [-0.2, 0) is 4.79 Å². The van der Waals surface area contributed by atoms with Crippen molar-refractivity contribution in [1.82, 2.24) is 9.55 Å². The fraction of sp³-hybridized carbons (Fsp3) is 0.211. The first-order valence-electron chi connectivity index (χ1n) is 8.10. The normalized spacial score (nSPS) is 17.3. The van der Waals surface area contributed by atoms with Crippen LogP contribution in [0.25, 0.3) is 16.6 Å². The number of thioether (sulfide) groups is 1. The van der Waals surface area contributed by atoms with E-state index in [1.54, 1.807) is 30.3 Å². The Morgan fingerprint density at radius 3 is 2.56 bits per heavy atom. The molecule has 0 bridgehead atoms. The third-order valence-electron chi connectivity index (χ3n) is 4.33. The molecule has 6 heteroatoms. The Morgan fingerprint density at radius 1 is 1.08 bits per heavy atom. The van der Waals surface area contributed by atoms with Crippen molar-refractivity contribution in [3.63, 3.8) is 0 Å². The standard InChI is InChI=1S/C19H15FN2O2S/c20-12-8-10-13(11-9-12)22-18(24)14-4-1-2-5-15(14)21-19(22)25-17-7-3-6-16(17)23/h1-2,4-5,8-11,17H,3,6-7H2/t17-/m0/s1. The molecule has 2 aromatic carbocycles. The highest BCUT2D eigenvalue weighted by Gasteiger charge is 2.27. The van der Waals surface area contributed by atoms with Gasteiger partial charge >= 0.3 is 0 Å². The second-order valence-electron chi connectivity index (χ2n) is 5.99. The highest BCUT2D eigenvalue weighted by Crippen LogP contribution is 2.32. The molecule has 0 amide bonds. The van der Waals surface area contributed by atoms with E-state index in [0.717, 1.165) is 12.8 Å². The smallest absolute Gasteiger partial charge is 0.266 e. The molecule has 1 aliphatic rings. The number of carbonyl (C=O) groups excluding carboxylic acids is 1. The topological polar surface area (TPSA) is 52.0 Å². The van der Waals surface area contributed by atoms with Gasteiger partial charge in [-0.1, -0.05) is 23.9 Å². The van der Waals surface area contributed by atoms with Crippen LogP contribution in [0.4, 0.5) is 4.39 Å². The molecule has 4 nitrogen and oxygen atoms in total. The van der Waals surface area contributed by atoms with E-state index in [2.05, 4.69) is 4.98 Å². The number of rotatable bonds is 3. The minimum atomic E-state index is -0.370. The molecule has 4 rings (SSSR count). The van der Waals surface area contributed by atoms with Gasteiger partial charge in [0.05, 0.1) is 21.8 Å². The van der Waals surface area contributed by atoms with E-state index in [1.165, 1.54) is 28.5 Å². The Hall–Kier alpha value is -2.47. The van der Waals surface area contributed by atoms with Crippen molar-refractivity contribution in [3.05, 3.63) is 64.7 Å². The number of Topliss-reactive ketones (excluding diaryl/α,β-unsaturated/α-hetero) is 1. The summed E-state index contributed by atoms with van der Waals surface area (Å²) in [6, 6.07) is 12.8. The van der Waals surface area contributed by atoms with Crippen LogP contribution in [0.15, 0.2) is 58.5 Å². The maximum Gasteiger partial charge on any atom is 0.266 e. The van der Waals surface area contributed by atoms with E-state index in [4.69, 9.17) is 0 Å². The van der Waals surface area contributed by atoms with Gasteiger partial charge in [-0.3, -0.25) is 14.2 Å². The van der Waals surface area contributed by atoms with Crippen molar-refractivity contribution >= 4 is 28.4 Å². The fourth-order valence-corrected chi connectivity index (χ4v) is 4.28. The maximum absolute atomic E-state index is 13.3. The highest BCUT2D eigenvalue weighted by molar-refractivity contribution is 8.00. The van der Waals surface area contributed by atoms with Crippen molar-refractivity contribution in [1.29, 1.82) is 0 Å². The van der Waals surface area contributed by atoms with E-state index in [1.807, 2.05) is 6.07 Å². The molecule has 1 fully saturated rings. The summed E-state index contributed by atoms with van der Waals surface area (Å²) in [6.07, 6.45) is 2.23. The first-order chi connectivity index (χ1) is 12.1. The lowest BCUT2D eigenvalue weighted by Crippen LogP contribution is -2.23. The summed E-state index contributed by atoms with van der Waals surface area (Å²) in [5.41, 5.74) is 0.918. The van der Waals surface area contributed by atoms with Gasteiger partial charge in [0.1, 0.15) is 11.6 Å². The Labute approximate surface area is 147 Å². The zero-order chi connectivity index (χ0) is 17.4. The fourth-order valence-electron chi connectivity index (χ4n) is 3.04. The van der Waals surface area contributed by atoms with Crippen molar-refractivity contribution < 1.29 is 9.18 Å². The molecule has 1 atom stereocenters. The van der Waals surface area contributed by atoms with Gasteiger partial charge in [-0.2, -0.15) is 0 Å². The van der Waals surface area contributed by atoms with Crippen LogP contribution in [0.3, 0.4) is 0 Å². The summed E-state index contributed by atoms with van der Waals surface area (Å²) in [6.45, 7) is 0. The van der Waals surface area contributed by atoms with Crippen LogP contribution in [-0.4, -0.2) is 20.6 Å². The molecule has 126 valence electrons. The molecule has 0 aliphatic heterocycles. The molecule has 1 aromatic heterocycles. The first kappa shape index (κ1) is 16.0. The molecule has 1 heterocycles. The van der Waals surface area contributed by atoms with E-state index >= 15 is 0 Å². The average molecular weight is 354 g/mol. The number of hydrogen-bond acceptors (Lipinski definition) is 4. The van der Waals surface area contributed by atoms with Crippen LogP contribution in [0.1, 0.15) is 19.3 Å². The number of para-hydroxylation sites is 1. The lowest BCUT2D eigenvalue weighted by Gasteiger charge is -2.15. The van der Waals surface area contributed by atoms with Gasteiger partial charge in [0, 0.05) is 6.42 Å². The summed E-state index contributed by atoms with van der Waals surface area (Å²) in [5.74, 6) is -0.177. The van der Waals surface area contributed by atoms with Gasteiger partial charge in [0.15, 0.2) is 5.16 Å². The summed E-state index contributed by atoms with van der Waals surface area (Å²) in [5, 5.41) is 0.782. The van der Waals surface area contributed by atoms with Crippen LogP contribution >= 0.6 is 11.8 Å². The van der Waals surface area contributed by atoms with Crippen LogP contribution in [0.5, 0.6) is 0 Å². The van der Waals surface area contributed by atoms with Gasteiger partial charge in [-0.15, -0.1) is 0 Å². The molecular weight excluding hydrogens is 339 g/mol. The SMILES string of the molecule is O=C1CCC[C@@H]1Sc1nc2ccccc2c(=O)n1-c1ccc(F)cc1. The lowest BCUT2D eigenvalue weighted by atomic mass is 10.2. The number of ketones is 1. The predicted octanol–water partition coefficient (Wildman–Crippen LogP) is 3.74. The second kappa shape index (κ2) is 6.44. The minimum absolute atomic E-state index is 0.181. The van der Waals surface area contributed by atoms with E-state index < -0.39 is 0 Å². The maximum atomic E-state index is 13.3. The lowest BCUT2D eigenvalue weighted by molar-refractivity contribution is -0.116. The number of nitrogens with zero attached hydrogens (tertiary/aromatic N) is 2. The van der Waals surface area contributed by atoms with Gasteiger partial charge < -0.3 is 0 Å². The molecule has 0 radical (unpaired) electrons. The van der Waals surface area contributed by atoms with Gasteiger partial charge in [0.2, 0.25) is 0 Å². The molecule has 0 N–H and O–H groups in total. The number of fused-ring (bicyclic) bond motifs is 1. The third kappa shape index (κ3) is 2.98. The Kier molecular flexibility index (Phi) is 4.13. The van der Waals surface area contributed by atoms with Crippen molar-refractivity contribution in [2.45, 2.75) is 29.7 Å². The zero-order valence-corrected chi connectivity index (χ0v) is 14.1. The van der Waals surface area contributed by atoms with E-state index in [9.17, 15) is 14.0 Å². The number of halogens is 1. The van der Waals surface area contributed by atoms with Crippen molar-refractivity contribution in [2.75, 3.05) is 0 Å². The Bertz CT molecular complexity index is 1010. The number of aromatic nitrogens is 2. The Morgan fingerprint density at radius 2 is 1.84 bits per heavy atom. The Balaban J connectivity index is 1.92. The van der Waals surface area contributed by atoms with Gasteiger partial charge in [0.25, 0.3) is 5.56 Å². The third-order valence-corrected chi connectivity index (χ3v) is 5.59. The largest absolute Gasteiger partial charge is 0.298 e. The van der Waals surface area contributed by atoms with Crippen LogP contribution in [0.2, 0.25) is 0 Å². The molecule has 1 aliphatic carbocycles. The quantitative estimate of drug-likeness (QED) is 0.673. The molecule has 0 saturated heterocycles. The van der Waals surface area contributed by atoms with E-state index in [0.29, 0.717) is 28.2 Å². The summed E-state index contributed by atoms with van der Waals surface area (Å²) < 4.78 is 14.8. The number of hydrogen-bond donors (Lipinski definition) is 0. The molecule has 25 heavy (non-hydrogen) atoms. The van der Waals surface area contributed by atoms with E-state index in [-0.39, 0.29) is 22.4 Å². The molecule has 0 spiro atoms. The summed E-state index contributed by atoms with van der Waals surface area (Å²) in [7, 11) is 0. The minimum Gasteiger partial charge on any atom is -0.298 e. The monoisotopic (exact) mass is 354 g/mol. The first-order valence-corrected chi connectivity index (χ1v) is 8.98. The highest BCUT2D eigenvalue weighted by atomic mass is 32.2. The van der Waals surface area contributed by atoms with Gasteiger partial charge in [-0.05, 0) is 49.2 Å². The number of benzene rings is 2. The molecule has 3 aromatic rings. The average Bonchev–Trinajstić information content (AvgIpc) is 3.01. The molecule has 1 saturated carbocycles. The summed E-state index contributed by atoms with van der Waals surface area (Å²) >= 11 is 1.32. The van der Waals surface area contributed by atoms with Crippen LogP contribution < -0.4 is 5.56 Å². The predicted molar refractivity (Wildman–Crippen MR) is 95.8 cm³/mol. The number of carbonyl (C=O) groups is 1. The van der Waals surface area contributed by atoms with Crippen LogP contribution in [0, 0.1) is 5.82 Å². The van der Waals surface area contributed by atoms with Crippen molar-refractivity contribution in [2.24, 2.45) is 0 Å². The van der Waals surface area contributed by atoms with Gasteiger partial charge in [-0.25, -0.2) is 9.37 Å².